The van der Waals surface area contributed by atoms with Gasteiger partial charge in [0.05, 0.1) is 12.3 Å². The maximum absolute atomic E-state index is 5.43. The molecule has 0 atom stereocenters. The molecule has 0 aliphatic carbocycles. The lowest BCUT2D eigenvalue weighted by Gasteiger charge is -1.91. The van der Waals surface area contributed by atoms with Gasteiger partial charge >= 0.3 is 0 Å². The number of halogens is 1. The van der Waals surface area contributed by atoms with Crippen molar-refractivity contribution in [1.29, 1.82) is 0 Å². The van der Waals surface area contributed by atoms with Crippen molar-refractivity contribution < 1.29 is 5.73 Å². The van der Waals surface area contributed by atoms with E-state index in [2.05, 4.69) is 5.73 Å². The summed E-state index contributed by atoms with van der Waals surface area (Å²) in [5, 5.41) is 0. The molecule has 0 amide bonds. The molecule has 0 aliphatic rings. The van der Waals surface area contributed by atoms with Crippen molar-refractivity contribution in [2.45, 2.75) is 0 Å². The van der Waals surface area contributed by atoms with Gasteiger partial charge in [-0.15, -0.1) is 11.6 Å². The van der Waals surface area contributed by atoms with Crippen LogP contribution in [0.2, 0.25) is 0 Å². The molecule has 1 nitrogen and oxygen atoms in total. The second-order valence-electron chi connectivity index (χ2n) is 1.19. The zero-order valence-corrected chi connectivity index (χ0v) is 7.12. The first-order valence-corrected chi connectivity index (χ1v) is 5.53. The number of hydrogen-bond acceptors (Lipinski definition) is 2. The highest BCUT2D eigenvalue weighted by atomic mass is 35.5. The molecule has 8 heavy (non-hydrogen) atoms. The van der Waals surface area contributed by atoms with Crippen LogP contribution in [0.4, 0.5) is 0 Å². The standard InChI is InChI=1S/C4H10ClNS2/c5-1-3-7-8-4-2-6/h1-4,6H2/p+1. The summed E-state index contributed by atoms with van der Waals surface area (Å²) in [5.41, 5.74) is 3.72. The zero-order valence-electron chi connectivity index (χ0n) is 4.73. The van der Waals surface area contributed by atoms with Crippen LogP contribution >= 0.6 is 33.2 Å². The molecule has 0 aromatic heterocycles. The molecule has 0 saturated carbocycles. The molecular weight excluding hydrogens is 162 g/mol. The van der Waals surface area contributed by atoms with Crippen LogP contribution in [0, 0.1) is 0 Å². The molecule has 0 radical (unpaired) electrons. The average Bonchev–Trinajstić information content (AvgIpc) is 1.81. The van der Waals surface area contributed by atoms with Gasteiger partial charge in [0.2, 0.25) is 0 Å². The maximum Gasteiger partial charge on any atom is 0.0840 e. The molecule has 0 unspecified atom stereocenters. The minimum atomic E-state index is 0.759. The van der Waals surface area contributed by atoms with Crippen LogP contribution in [0.25, 0.3) is 0 Å². The predicted molar refractivity (Wildman–Crippen MR) is 43.4 cm³/mol. The number of alkyl halides is 1. The van der Waals surface area contributed by atoms with Crippen molar-refractivity contribution in [3.05, 3.63) is 0 Å². The van der Waals surface area contributed by atoms with E-state index in [1.54, 1.807) is 0 Å². The fraction of sp³-hybridized carbons (Fsp3) is 1.00. The molecule has 0 heterocycles. The Balaban J connectivity index is 2.53. The van der Waals surface area contributed by atoms with Gasteiger partial charge in [0.25, 0.3) is 0 Å². The summed E-state index contributed by atoms with van der Waals surface area (Å²) in [4.78, 5) is 0. The average molecular weight is 173 g/mol. The Hall–Kier alpha value is 0.950. The van der Waals surface area contributed by atoms with Crippen molar-refractivity contribution in [3.63, 3.8) is 0 Å². The van der Waals surface area contributed by atoms with Gasteiger partial charge in [-0.1, -0.05) is 21.6 Å². The van der Waals surface area contributed by atoms with Crippen LogP contribution in [-0.2, 0) is 0 Å². The van der Waals surface area contributed by atoms with Gasteiger partial charge in [0.1, 0.15) is 0 Å². The van der Waals surface area contributed by atoms with Crippen LogP contribution in [0.1, 0.15) is 0 Å². The Kier molecular flexibility index (Phi) is 8.89. The largest absolute Gasteiger partial charge is 0.357 e. The summed E-state index contributed by atoms with van der Waals surface area (Å²) in [7, 11) is 3.67. The molecular formula is C4H11ClNS2+. The molecule has 0 saturated heterocycles. The minimum absolute atomic E-state index is 0.759. The smallest absolute Gasteiger partial charge is 0.0840 e. The summed E-state index contributed by atoms with van der Waals surface area (Å²) in [6.45, 7) is 1.01. The van der Waals surface area contributed by atoms with Crippen LogP contribution in [-0.4, -0.2) is 23.9 Å². The Morgan fingerprint density at radius 3 is 2.38 bits per heavy atom. The lowest BCUT2D eigenvalue weighted by atomic mass is 10.8. The van der Waals surface area contributed by atoms with Gasteiger partial charge in [-0.25, -0.2) is 0 Å². The molecule has 0 aromatic rings. The molecule has 50 valence electrons. The predicted octanol–water partition coefficient (Wildman–Crippen LogP) is 0.849. The molecule has 0 spiro atoms. The normalized spacial score (nSPS) is 9.75. The van der Waals surface area contributed by atoms with Gasteiger partial charge in [-0.05, 0) is 0 Å². The fourth-order valence-corrected chi connectivity index (χ4v) is 2.44. The monoisotopic (exact) mass is 172 g/mol. The lowest BCUT2D eigenvalue weighted by Crippen LogP contribution is -2.51. The van der Waals surface area contributed by atoms with Crippen molar-refractivity contribution >= 4 is 33.2 Å². The molecule has 3 N–H and O–H groups in total. The molecule has 0 bridgehead atoms. The van der Waals surface area contributed by atoms with Crippen molar-refractivity contribution in [2.24, 2.45) is 0 Å². The van der Waals surface area contributed by atoms with Crippen molar-refractivity contribution in [3.8, 4) is 0 Å². The highest BCUT2D eigenvalue weighted by molar-refractivity contribution is 8.76. The SMILES string of the molecule is [NH3+]CCSSCCCl. The van der Waals surface area contributed by atoms with E-state index in [1.165, 1.54) is 0 Å². The zero-order chi connectivity index (χ0) is 6.24. The van der Waals surface area contributed by atoms with E-state index in [1.807, 2.05) is 21.6 Å². The Labute approximate surface area is 63.1 Å². The third kappa shape index (κ3) is 6.95. The summed E-state index contributed by atoms with van der Waals surface area (Å²) in [6.07, 6.45) is 0. The Morgan fingerprint density at radius 2 is 1.88 bits per heavy atom. The maximum atomic E-state index is 5.43. The third-order valence-corrected chi connectivity index (χ3v) is 3.38. The Bertz CT molecular complexity index is 39.0. The molecule has 4 heteroatoms. The second kappa shape index (κ2) is 7.95. The van der Waals surface area contributed by atoms with E-state index < -0.39 is 0 Å². The number of hydrogen-bond donors (Lipinski definition) is 1. The molecule has 0 aliphatic heterocycles. The summed E-state index contributed by atoms with van der Waals surface area (Å²) in [5.74, 6) is 2.95. The van der Waals surface area contributed by atoms with Gasteiger partial charge in [0.15, 0.2) is 0 Å². The van der Waals surface area contributed by atoms with E-state index in [4.69, 9.17) is 11.6 Å². The molecule has 0 fully saturated rings. The minimum Gasteiger partial charge on any atom is -0.357 e. The first-order chi connectivity index (χ1) is 3.91. The van der Waals surface area contributed by atoms with Gasteiger partial charge in [-0.3, -0.25) is 0 Å². The Morgan fingerprint density at radius 1 is 1.25 bits per heavy atom. The first-order valence-electron chi connectivity index (χ1n) is 2.51. The number of quaternary nitrogens is 1. The van der Waals surface area contributed by atoms with E-state index in [9.17, 15) is 0 Å². The quantitative estimate of drug-likeness (QED) is 0.378. The lowest BCUT2D eigenvalue weighted by molar-refractivity contribution is -0.360. The molecule has 0 aromatic carbocycles. The van der Waals surface area contributed by atoms with Crippen molar-refractivity contribution in [2.75, 3.05) is 23.9 Å². The summed E-state index contributed by atoms with van der Waals surface area (Å²) in [6, 6.07) is 0. The van der Waals surface area contributed by atoms with E-state index in [-0.39, 0.29) is 0 Å². The second-order valence-corrected chi connectivity index (χ2v) is 4.27. The van der Waals surface area contributed by atoms with E-state index >= 15 is 0 Å². The summed E-state index contributed by atoms with van der Waals surface area (Å²) < 4.78 is 0. The summed E-state index contributed by atoms with van der Waals surface area (Å²) >= 11 is 5.43. The fourth-order valence-electron chi connectivity index (χ4n) is 0.208. The van der Waals surface area contributed by atoms with Crippen LogP contribution in [0.15, 0.2) is 0 Å². The highest BCUT2D eigenvalue weighted by Crippen LogP contribution is 2.19. The van der Waals surface area contributed by atoms with Gasteiger partial charge < -0.3 is 5.73 Å². The van der Waals surface area contributed by atoms with Crippen LogP contribution in [0.3, 0.4) is 0 Å². The van der Waals surface area contributed by atoms with E-state index in [0.29, 0.717) is 0 Å². The third-order valence-electron chi connectivity index (χ3n) is 0.471. The topological polar surface area (TPSA) is 27.6 Å². The van der Waals surface area contributed by atoms with Crippen LogP contribution < -0.4 is 5.73 Å². The highest BCUT2D eigenvalue weighted by Gasteiger charge is 1.86. The van der Waals surface area contributed by atoms with Gasteiger partial charge in [0, 0.05) is 11.6 Å². The first kappa shape index (κ1) is 8.95. The van der Waals surface area contributed by atoms with E-state index in [0.717, 1.165) is 23.9 Å². The number of rotatable bonds is 5. The van der Waals surface area contributed by atoms with Crippen molar-refractivity contribution in [1.82, 2.24) is 0 Å². The van der Waals surface area contributed by atoms with Gasteiger partial charge in [-0.2, -0.15) is 0 Å². The molecule has 0 rings (SSSR count). The van der Waals surface area contributed by atoms with Crippen LogP contribution in [0.5, 0.6) is 0 Å².